The maximum atomic E-state index is 5.81. The molecule has 1 aromatic carbocycles. The highest BCUT2D eigenvalue weighted by molar-refractivity contribution is 9.10. The van der Waals surface area contributed by atoms with Gasteiger partial charge >= 0.3 is 7.12 Å². The lowest BCUT2D eigenvalue weighted by molar-refractivity contribution is 0.143. The van der Waals surface area contributed by atoms with Crippen LogP contribution in [0.15, 0.2) is 22.7 Å². The Morgan fingerprint density at radius 3 is 2.75 bits per heavy atom. The number of ether oxygens (including phenoxy) is 1. The number of benzene rings is 1. The van der Waals surface area contributed by atoms with E-state index in [1.807, 2.05) is 18.2 Å². The lowest BCUT2D eigenvalue weighted by Gasteiger charge is -2.21. The van der Waals surface area contributed by atoms with E-state index in [9.17, 15) is 0 Å². The van der Waals surface area contributed by atoms with Crippen LogP contribution in [0.25, 0.3) is 0 Å². The average Bonchev–Trinajstić information content (AvgIpc) is 2.49. The molecule has 0 spiro atoms. The predicted octanol–water partition coefficient (Wildman–Crippen LogP) is 3.54. The first-order valence-electron chi connectivity index (χ1n) is 7.46. The van der Waals surface area contributed by atoms with Gasteiger partial charge in [0.1, 0.15) is 5.75 Å². The molecular formula is C15H22BBrO3. The predicted molar refractivity (Wildman–Crippen MR) is 85.7 cm³/mol. The van der Waals surface area contributed by atoms with Crippen molar-refractivity contribution in [1.82, 2.24) is 0 Å². The summed E-state index contributed by atoms with van der Waals surface area (Å²) in [5.41, 5.74) is 1.01. The van der Waals surface area contributed by atoms with E-state index in [-0.39, 0.29) is 7.12 Å². The van der Waals surface area contributed by atoms with Gasteiger partial charge in [0.05, 0.1) is 6.61 Å². The standard InChI is InChI=1S/C15H22BBrO3/c1-2-3-4-5-9-18-13-7-8-15(17)14(12-13)16-19-10-6-11-20-16/h7-8,12H,2-6,9-11H2,1H3. The van der Waals surface area contributed by atoms with E-state index in [0.29, 0.717) is 0 Å². The molecule has 5 heteroatoms. The summed E-state index contributed by atoms with van der Waals surface area (Å²) in [4.78, 5) is 0. The Kier molecular flexibility index (Phi) is 6.90. The Morgan fingerprint density at radius 2 is 2.00 bits per heavy atom. The Morgan fingerprint density at radius 1 is 1.20 bits per heavy atom. The molecule has 0 N–H and O–H groups in total. The highest BCUT2D eigenvalue weighted by Crippen LogP contribution is 2.17. The van der Waals surface area contributed by atoms with E-state index in [1.165, 1.54) is 19.3 Å². The summed E-state index contributed by atoms with van der Waals surface area (Å²) in [6, 6.07) is 5.99. The van der Waals surface area contributed by atoms with Crippen molar-refractivity contribution in [3.8, 4) is 5.75 Å². The van der Waals surface area contributed by atoms with Crippen LogP contribution in [0.4, 0.5) is 0 Å². The highest BCUT2D eigenvalue weighted by Gasteiger charge is 2.27. The molecule has 0 aromatic heterocycles. The number of hydrogen-bond acceptors (Lipinski definition) is 3. The van der Waals surface area contributed by atoms with Crippen LogP contribution in [0.3, 0.4) is 0 Å². The molecule has 0 radical (unpaired) electrons. The third-order valence-electron chi connectivity index (χ3n) is 3.32. The van der Waals surface area contributed by atoms with Crippen molar-refractivity contribution in [2.45, 2.75) is 39.0 Å². The van der Waals surface area contributed by atoms with Gasteiger partial charge in [-0.05, 0) is 31.0 Å². The number of unbranched alkanes of at least 4 members (excludes halogenated alkanes) is 3. The van der Waals surface area contributed by atoms with Crippen LogP contribution in [-0.2, 0) is 9.31 Å². The SMILES string of the molecule is CCCCCCOc1ccc(Br)c(B2OCCCO2)c1. The maximum absolute atomic E-state index is 5.81. The van der Waals surface area contributed by atoms with E-state index in [1.54, 1.807) is 0 Å². The van der Waals surface area contributed by atoms with Gasteiger partial charge in [-0.3, -0.25) is 0 Å². The van der Waals surface area contributed by atoms with E-state index in [2.05, 4.69) is 22.9 Å². The monoisotopic (exact) mass is 340 g/mol. The molecule has 0 unspecified atom stereocenters. The van der Waals surface area contributed by atoms with Gasteiger partial charge in [-0.15, -0.1) is 0 Å². The van der Waals surface area contributed by atoms with Crippen molar-refractivity contribution in [3.63, 3.8) is 0 Å². The third-order valence-corrected chi connectivity index (χ3v) is 4.04. The molecule has 2 rings (SSSR count). The number of halogens is 1. The lowest BCUT2D eigenvalue weighted by atomic mass is 9.78. The smallest absolute Gasteiger partial charge is 0.494 e. The minimum Gasteiger partial charge on any atom is -0.494 e. The molecule has 1 fully saturated rings. The Balaban J connectivity index is 1.90. The van der Waals surface area contributed by atoms with Gasteiger partial charge in [0.15, 0.2) is 0 Å². The molecule has 0 amide bonds. The van der Waals surface area contributed by atoms with Crippen molar-refractivity contribution in [2.75, 3.05) is 19.8 Å². The number of hydrogen-bond donors (Lipinski definition) is 0. The van der Waals surface area contributed by atoms with E-state index < -0.39 is 0 Å². The second kappa shape index (κ2) is 8.70. The topological polar surface area (TPSA) is 27.7 Å². The zero-order valence-electron chi connectivity index (χ0n) is 12.1. The summed E-state index contributed by atoms with van der Waals surface area (Å²) >= 11 is 3.55. The average molecular weight is 341 g/mol. The lowest BCUT2D eigenvalue weighted by Crippen LogP contribution is -2.41. The van der Waals surface area contributed by atoms with Gasteiger partial charge in [-0.1, -0.05) is 42.1 Å². The summed E-state index contributed by atoms with van der Waals surface area (Å²) in [6.45, 7) is 4.48. The highest BCUT2D eigenvalue weighted by atomic mass is 79.9. The fourth-order valence-corrected chi connectivity index (χ4v) is 2.61. The third kappa shape index (κ3) is 4.79. The minimum absolute atomic E-state index is 0.276. The first-order chi connectivity index (χ1) is 9.81. The largest absolute Gasteiger partial charge is 0.495 e. The Hall–Kier alpha value is -0.515. The van der Waals surface area contributed by atoms with Gasteiger partial charge in [-0.25, -0.2) is 0 Å². The van der Waals surface area contributed by atoms with Gasteiger partial charge in [0.2, 0.25) is 0 Å². The van der Waals surface area contributed by atoms with Crippen LogP contribution in [-0.4, -0.2) is 26.9 Å². The van der Waals surface area contributed by atoms with Gasteiger partial charge in [0.25, 0.3) is 0 Å². The van der Waals surface area contributed by atoms with Crippen LogP contribution >= 0.6 is 15.9 Å². The summed E-state index contributed by atoms with van der Waals surface area (Å²) in [7, 11) is -0.276. The molecule has 1 saturated heterocycles. The first kappa shape index (κ1) is 15.9. The summed E-state index contributed by atoms with van der Waals surface area (Å²) in [5, 5.41) is 0. The molecule has 110 valence electrons. The Bertz CT molecular complexity index is 408. The molecule has 0 saturated carbocycles. The molecule has 0 bridgehead atoms. The van der Waals surface area contributed by atoms with E-state index in [0.717, 1.165) is 48.3 Å². The minimum atomic E-state index is -0.276. The second-order valence-corrected chi connectivity index (χ2v) is 5.87. The molecular weight excluding hydrogens is 319 g/mol. The van der Waals surface area contributed by atoms with Crippen molar-refractivity contribution in [2.24, 2.45) is 0 Å². The van der Waals surface area contributed by atoms with Crippen molar-refractivity contribution in [3.05, 3.63) is 22.7 Å². The van der Waals surface area contributed by atoms with E-state index in [4.69, 9.17) is 14.0 Å². The van der Waals surface area contributed by atoms with Gasteiger partial charge in [0, 0.05) is 23.1 Å². The zero-order valence-corrected chi connectivity index (χ0v) is 13.7. The van der Waals surface area contributed by atoms with Crippen LogP contribution in [0.1, 0.15) is 39.0 Å². The fourth-order valence-electron chi connectivity index (χ4n) is 2.18. The Labute approximate surface area is 130 Å². The molecule has 1 aliphatic rings. The normalized spacial score (nSPS) is 15.4. The van der Waals surface area contributed by atoms with Crippen LogP contribution in [0.5, 0.6) is 5.75 Å². The summed E-state index contributed by atoms with van der Waals surface area (Å²) in [5.74, 6) is 0.887. The molecule has 1 heterocycles. The van der Waals surface area contributed by atoms with E-state index >= 15 is 0 Å². The second-order valence-electron chi connectivity index (χ2n) is 5.02. The van der Waals surface area contributed by atoms with Gasteiger partial charge < -0.3 is 14.0 Å². The molecule has 3 nitrogen and oxygen atoms in total. The van der Waals surface area contributed by atoms with Gasteiger partial charge in [-0.2, -0.15) is 0 Å². The molecule has 0 aliphatic carbocycles. The summed E-state index contributed by atoms with van der Waals surface area (Å²) in [6.07, 6.45) is 5.82. The first-order valence-corrected chi connectivity index (χ1v) is 8.26. The van der Waals surface area contributed by atoms with Crippen LogP contribution < -0.4 is 10.2 Å². The van der Waals surface area contributed by atoms with Crippen LogP contribution in [0.2, 0.25) is 0 Å². The quantitative estimate of drug-likeness (QED) is 0.561. The van der Waals surface area contributed by atoms with Crippen LogP contribution in [0, 0.1) is 0 Å². The van der Waals surface area contributed by atoms with Crippen molar-refractivity contribution >= 4 is 28.5 Å². The molecule has 1 aliphatic heterocycles. The fraction of sp³-hybridized carbons (Fsp3) is 0.600. The van der Waals surface area contributed by atoms with Crippen molar-refractivity contribution < 1.29 is 14.0 Å². The molecule has 1 aromatic rings. The molecule has 0 atom stereocenters. The summed E-state index contributed by atoms with van der Waals surface area (Å²) < 4.78 is 18.1. The maximum Gasteiger partial charge on any atom is 0.495 e. The van der Waals surface area contributed by atoms with Crippen molar-refractivity contribution in [1.29, 1.82) is 0 Å². The number of rotatable bonds is 7. The zero-order chi connectivity index (χ0) is 14.2. The molecule has 20 heavy (non-hydrogen) atoms.